The fourth-order valence-corrected chi connectivity index (χ4v) is 2.33. The van der Waals surface area contributed by atoms with Crippen molar-refractivity contribution in [1.82, 2.24) is 25.5 Å². The van der Waals surface area contributed by atoms with Crippen molar-refractivity contribution in [3.05, 3.63) is 30.1 Å². The van der Waals surface area contributed by atoms with Crippen LogP contribution in [0.15, 0.2) is 29.4 Å². The molecule has 1 atom stereocenters. The Morgan fingerprint density at radius 3 is 2.86 bits per heavy atom. The molecule has 0 saturated carbocycles. The highest BCUT2D eigenvalue weighted by molar-refractivity contribution is 7.99. The zero-order valence-corrected chi connectivity index (χ0v) is 13.5. The molecule has 0 radical (unpaired) electrons. The van der Waals surface area contributed by atoms with E-state index in [0.29, 0.717) is 16.8 Å². The third-order valence-corrected chi connectivity index (χ3v) is 4.13. The van der Waals surface area contributed by atoms with Gasteiger partial charge in [-0.1, -0.05) is 31.7 Å². The summed E-state index contributed by atoms with van der Waals surface area (Å²) >= 11 is 1.21. The average molecular weight is 323 g/mol. The molecule has 0 saturated heterocycles. The second kappa shape index (κ2) is 7.35. The predicted octanol–water partition coefficient (Wildman–Crippen LogP) is 2.05. The molecule has 1 N–H and O–H groups in total. The molecule has 0 aliphatic rings. The zero-order chi connectivity index (χ0) is 16.1. The number of nitrogens with zero attached hydrogens (tertiary/aromatic N) is 4. The predicted molar refractivity (Wildman–Crippen MR) is 82.3 cm³/mol. The summed E-state index contributed by atoms with van der Waals surface area (Å²) < 4.78 is 14.7. The minimum Gasteiger partial charge on any atom is -0.353 e. The van der Waals surface area contributed by atoms with Crippen LogP contribution in [0.25, 0.3) is 5.69 Å². The lowest BCUT2D eigenvalue weighted by Gasteiger charge is -2.17. The Balaban J connectivity index is 2.00. The number of halogens is 1. The third-order valence-electron chi connectivity index (χ3n) is 3.21. The van der Waals surface area contributed by atoms with Crippen molar-refractivity contribution >= 4 is 17.7 Å². The first-order valence-electron chi connectivity index (χ1n) is 6.94. The Morgan fingerprint density at radius 1 is 1.41 bits per heavy atom. The van der Waals surface area contributed by atoms with E-state index in [0.717, 1.165) is 0 Å². The summed E-state index contributed by atoms with van der Waals surface area (Å²) in [6.07, 6.45) is 0. The number of carbonyl (C=O) groups excluding carboxylic acids is 1. The van der Waals surface area contributed by atoms with Gasteiger partial charge in [-0.05, 0) is 41.5 Å². The topological polar surface area (TPSA) is 72.7 Å². The minimum absolute atomic E-state index is 0.0833. The number of benzene rings is 1. The minimum atomic E-state index is -0.368. The summed E-state index contributed by atoms with van der Waals surface area (Å²) in [6.45, 7) is 6.05. The quantitative estimate of drug-likeness (QED) is 0.824. The largest absolute Gasteiger partial charge is 0.353 e. The lowest BCUT2D eigenvalue weighted by atomic mass is 10.1. The first kappa shape index (κ1) is 16.4. The molecule has 1 heterocycles. The van der Waals surface area contributed by atoms with Gasteiger partial charge < -0.3 is 5.32 Å². The van der Waals surface area contributed by atoms with Gasteiger partial charge in [-0.3, -0.25) is 4.79 Å². The van der Waals surface area contributed by atoms with Crippen LogP contribution >= 0.6 is 11.8 Å². The van der Waals surface area contributed by atoms with Crippen molar-refractivity contribution in [2.45, 2.75) is 32.0 Å². The summed E-state index contributed by atoms with van der Waals surface area (Å²) in [7, 11) is 0. The van der Waals surface area contributed by atoms with E-state index in [2.05, 4.69) is 20.8 Å². The van der Waals surface area contributed by atoms with Gasteiger partial charge in [0, 0.05) is 6.04 Å². The Kier molecular flexibility index (Phi) is 5.48. The highest BCUT2D eigenvalue weighted by Gasteiger charge is 2.14. The molecular weight excluding hydrogens is 305 g/mol. The second-order valence-electron chi connectivity index (χ2n) is 5.24. The SMILES string of the molecule is CC(C)[C@H](C)NC(=O)CSc1nnnn1-c1cccc(F)c1. The van der Waals surface area contributed by atoms with Crippen LogP contribution in [0.1, 0.15) is 20.8 Å². The smallest absolute Gasteiger partial charge is 0.230 e. The molecule has 22 heavy (non-hydrogen) atoms. The molecule has 0 spiro atoms. The van der Waals surface area contributed by atoms with Gasteiger partial charge in [0.2, 0.25) is 11.1 Å². The molecule has 6 nitrogen and oxygen atoms in total. The zero-order valence-electron chi connectivity index (χ0n) is 12.7. The van der Waals surface area contributed by atoms with Gasteiger partial charge >= 0.3 is 0 Å². The standard InChI is InChI=1S/C14H18FN5OS/c1-9(2)10(3)16-13(21)8-22-14-17-18-19-20(14)12-6-4-5-11(15)7-12/h4-7,9-10H,8H2,1-3H3,(H,16,21)/t10-/m0/s1. The summed E-state index contributed by atoms with van der Waals surface area (Å²) in [5, 5.41) is 14.6. The maximum absolute atomic E-state index is 13.3. The van der Waals surface area contributed by atoms with Crippen molar-refractivity contribution in [3.8, 4) is 5.69 Å². The Labute approximate surface area is 132 Å². The molecule has 0 bridgehead atoms. The molecule has 1 aromatic heterocycles. The molecule has 2 aromatic rings. The maximum Gasteiger partial charge on any atom is 0.230 e. The first-order valence-corrected chi connectivity index (χ1v) is 7.92. The second-order valence-corrected chi connectivity index (χ2v) is 6.18. The number of aromatic nitrogens is 4. The van der Waals surface area contributed by atoms with Crippen LogP contribution in [0, 0.1) is 11.7 Å². The van der Waals surface area contributed by atoms with E-state index in [4.69, 9.17) is 0 Å². The molecule has 1 amide bonds. The molecule has 0 fully saturated rings. The van der Waals surface area contributed by atoms with Crippen LogP contribution < -0.4 is 5.32 Å². The van der Waals surface area contributed by atoms with E-state index >= 15 is 0 Å². The van der Waals surface area contributed by atoms with Crippen LogP contribution in [0.5, 0.6) is 0 Å². The number of tetrazole rings is 1. The van der Waals surface area contributed by atoms with Gasteiger partial charge in [-0.15, -0.1) is 5.10 Å². The van der Waals surface area contributed by atoms with Crippen LogP contribution in [-0.2, 0) is 4.79 Å². The lowest BCUT2D eigenvalue weighted by Crippen LogP contribution is -2.37. The van der Waals surface area contributed by atoms with Gasteiger partial charge in [-0.25, -0.2) is 4.39 Å². The molecule has 118 valence electrons. The fourth-order valence-electron chi connectivity index (χ4n) is 1.63. The molecule has 2 rings (SSSR count). The maximum atomic E-state index is 13.3. The number of thioether (sulfide) groups is 1. The number of hydrogen-bond acceptors (Lipinski definition) is 5. The van der Waals surface area contributed by atoms with Crippen LogP contribution in [0.3, 0.4) is 0 Å². The first-order chi connectivity index (χ1) is 10.5. The van der Waals surface area contributed by atoms with Crippen LogP contribution in [0.4, 0.5) is 4.39 Å². The summed E-state index contributed by atoms with van der Waals surface area (Å²) in [5.74, 6) is 0.117. The highest BCUT2D eigenvalue weighted by atomic mass is 32.2. The molecule has 8 heteroatoms. The monoisotopic (exact) mass is 323 g/mol. The number of nitrogens with one attached hydrogen (secondary N) is 1. The molecule has 0 aliphatic heterocycles. The molecular formula is C14H18FN5OS. The Morgan fingerprint density at radius 2 is 2.18 bits per heavy atom. The van der Waals surface area contributed by atoms with E-state index in [9.17, 15) is 9.18 Å². The Hall–Kier alpha value is -1.96. The normalized spacial score (nSPS) is 12.4. The number of hydrogen-bond donors (Lipinski definition) is 1. The summed E-state index contributed by atoms with van der Waals surface area (Å²) in [5.41, 5.74) is 0.517. The van der Waals surface area contributed by atoms with E-state index < -0.39 is 0 Å². The summed E-state index contributed by atoms with van der Waals surface area (Å²) in [6, 6.07) is 6.07. The third kappa shape index (κ3) is 4.27. The molecule has 1 aromatic carbocycles. The number of rotatable bonds is 6. The summed E-state index contributed by atoms with van der Waals surface area (Å²) in [4.78, 5) is 11.9. The van der Waals surface area contributed by atoms with E-state index in [1.165, 1.54) is 28.6 Å². The van der Waals surface area contributed by atoms with Crippen molar-refractivity contribution in [2.24, 2.45) is 5.92 Å². The average Bonchev–Trinajstić information content (AvgIpc) is 2.93. The van der Waals surface area contributed by atoms with E-state index in [1.54, 1.807) is 12.1 Å². The van der Waals surface area contributed by atoms with E-state index in [-0.39, 0.29) is 23.5 Å². The van der Waals surface area contributed by atoms with Crippen molar-refractivity contribution in [3.63, 3.8) is 0 Å². The van der Waals surface area contributed by atoms with Crippen LogP contribution in [-0.4, -0.2) is 37.9 Å². The van der Waals surface area contributed by atoms with Gasteiger partial charge in [0.15, 0.2) is 0 Å². The highest BCUT2D eigenvalue weighted by Crippen LogP contribution is 2.18. The van der Waals surface area contributed by atoms with Crippen molar-refractivity contribution in [2.75, 3.05) is 5.75 Å². The van der Waals surface area contributed by atoms with Gasteiger partial charge in [-0.2, -0.15) is 4.68 Å². The molecule has 0 unspecified atom stereocenters. The van der Waals surface area contributed by atoms with Gasteiger partial charge in [0.05, 0.1) is 11.4 Å². The van der Waals surface area contributed by atoms with Gasteiger partial charge in [0.25, 0.3) is 0 Å². The van der Waals surface area contributed by atoms with Crippen molar-refractivity contribution < 1.29 is 9.18 Å². The van der Waals surface area contributed by atoms with Crippen LogP contribution in [0.2, 0.25) is 0 Å². The molecule has 0 aliphatic carbocycles. The lowest BCUT2D eigenvalue weighted by molar-refractivity contribution is -0.119. The van der Waals surface area contributed by atoms with E-state index in [1.807, 2.05) is 20.8 Å². The Bertz CT molecular complexity index is 646. The van der Waals surface area contributed by atoms with Gasteiger partial charge in [0.1, 0.15) is 5.82 Å². The van der Waals surface area contributed by atoms with Crippen molar-refractivity contribution in [1.29, 1.82) is 0 Å². The number of amides is 1. The fraction of sp³-hybridized carbons (Fsp3) is 0.429. The number of carbonyl (C=O) groups is 1.